The van der Waals surface area contributed by atoms with Crippen molar-refractivity contribution in [2.45, 2.75) is 45.8 Å². The van der Waals surface area contributed by atoms with Crippen molar-refractivity contribution in [3.05, 3.63) is 6.92 Å². The van der Waals surface area contributed by atoms with Gasteiger partial charge in [0.05, 0.1) is 12.2 Å². The Hall–Kier alpha value is -0.0400. The van der Waals surface area contributed by atoms with Crippen LogP contribution in [0.15, 0.2) is 0 Å². The highest BCUT2D eigenvalue weighted by molar-refractivity contribution is 4.57. The van der Waals surface area contributed by atoms with Crippen molar-refractivity contribution in [3.8, 4) is 0 Å². The van der Waals surface area contributed by atoms with Crippen LogP contribution in [0.4, 0.5) is 0 Å². The first kappa shape index (κ1) is 8.96. The van der Waals surface area contributed by atoms with E-state index in [0.717, 1.165) is 12.8 Å². The van der Waals surface area contributed by atoms with Crippen LogP contribution in [0.25, 0.3) is 0 Å². The lowest BCUT2D eigenvalue weighted by atomic mass is 10.2. The van der Waals surface area contributed by atoms with Gasteiger partial charge in [0.15, 0.2) is 0 Å². The molecule has 1 unspecified atom stereocenters. The summed E-state index contributed by atoms with van der Waals surface area (Å²) in [6.07, 6.45) is 2.66. The Morgan fingerprint density at radius 1 is 1.44 bits per heavy atom. The predicted octanol–water partition coefficient (Wildman–Crippen LogP) is 2.41. The second-order valence-corrected chi connectivity index (χ2v) is 2.50. The summed E-state index contributed by atoms with van der Waals surface area (Å²) in [5, 5.41) is 0. The molecule has 0 fully saturated rings. The third-order valence-corrected chi connectivity index (χ3v) is 1.24. The summed E-state index contributed by atoms with van der Waals surface area (Å²) in [4.78, 5) is 0. The summed E-state index contributed by atoms with van der Waals surface area (Å²) in [5.41, 5.74) is 0. The fourth-order valence-electron chi connectivity index (χ4n) is 0.753. The number of ether oxygens (including phenoxy) is 1. The quantitative estimate of drug-likeness (QED) is 0.566. The van der Waals surface area contributed by atoms with Crippen molar-refractivity contribution in [1.82, 2.24) is 0 Å². The molecule has 0 aliphatic rings. The molecule has 0 bridgehead atoms. The fraction of sp³-hybridized carbons (Fsp3) is 0.875. The van der Waals surface area contributed by atoms with E-state index < -0.39 is 0 Å². The van der Waals surface area contributed by atoms with Gasteiger partial charge in [0.1, 0.15) is 0 Å². The van der Waals surface area contributed by atoms with Crippen molar-refractivity contribution < 1.29 is 4.74 Å². The van der Waals surface area contributed by atoms with E-state index in [2.05, 4.69) is 27.7 Å². The highest BCUT2D eigenvalue weighted by Gasteiger charge is 2.03. The summed E-state index contributed by atoms with van der Waals surface area (Å²) in [6.45, 7) is 10.0. The van der Waals surface area contributed by atoms with Crippen LogP contribution in [-0.4, -0.2) is 12.2 Å². The van der Waals surface area contributed by atoms with E-state index in [9.17, 15) is 0 Å². The van der Waals surface area contributed by atoms with Crippen molar-refractivity contribution in [2.75, 3.05) is 0 Å². The Morgan fingerprint density at radius 3 is 2.11 bits per heavy atom. The molecule has 0 aromatic rings. The highest BCUT2D eigenvalue weighted by Crippen LogP contribution is 2.04. The number of rotatable bonds is 4. The lowest BCUT2D eigenvalue weighted by Gasteiger charge is -2.16. The smallest absolute Gasteiger partial charge is 0.0576 e. The van der Waals surface area contributed by atoms with Gasteiger partial charge in [-0.3, -0.25) is 0 Å². The first-order valence-electron chi connectivity index (χ1n) is 3.65. The van der Waals surface area contributed by atoms with E-state index in [0.29, 0.717) is 12.2 Å². The molecule has 0 aliphatic carbocycles. The van der Waals surface area contributed by atoms with Crippen LogP contribution in [-0.2, 0) is 4.74 Å². The van der Waals surface area contributed by atoms with E-state index in [4.69, 9.17) is 4.74 Å². The van der Waals surface area contributed by atoms with Gasteiger partial charge < -0.3 is 4.74 Å². The topological polar surface area (TPSA) is 9.23 Å². The Balaban J connectivity index is 3.31. The molecule has 0 rings (SSSR count). The summed E-state index contributed by atoms with van der Waals surface area (Å²) in [7, 11) is 0. The van der Waals surface area contributed by atoms with Gasteiger partial charge >= 0.3 is 0 Å². The molecular formula is C8H17O. The molecular weight excluding hydrogens is 112 g/mol. The molecule has 0 spiro atoms. The molecule has 0 heterocycles. The zero-order valence-electron chi connectivity index (χ0n) is 6.68. The van der Waals surface area contributed by atoms with E-state index in [1.54, 1.807) is 0 Å². The van der Waals surface area contributed by atoms with Crippen LogP contribution in [0.1, 0.15) is 33.6 Å². The van der Waals surface area contributed by atoms with Crippen LogP contribution >= 0.6 is 0 Å². The minimum absolute atomic E-state index is 0.344. The molecule has 0 amide bonds. The van der Waals surface area contributed by atoms with Crippen molar-refractivity contribution in [1.29, 1.82) is 0 Å². The van der Waals surface area contributed by atoms with E-state index >= 15 is 0 Å². The average Bonchev–Trinajstić information content (AvgIpc) is 1.82. The maximum Gasteiger partial charge on any atom is 0.0576 e. The van der Waals surface area contributed by atoms with Crippen LogP contribution in [0.2, 0.25) is 0 Å². The predicted molar refractivity (Wildman–Crippen MR) is 40.3 cm³/mol. The average molecular weight is 129 g/mol. The lowest BCUT2D eigenvalue weighted by Crippen LogP contribution is -2.15. The third-order valence-electron chi connectivity index (χ3n) is 1.24. The monoisotopic (exact) mass is 129 g/mol. The lowest BCUT2D eigenvalue weighted by molar-refractivity contribution is 0.00754. The van der Waals surface area contributed by atoms with Crippen molar-refractivity contribution >= 4 is 0 Å². The highest BCUT2D eigenvalue weighted by atomic mass is 16.5. The maximum absolute atomic E-state index is 5.49. The minimum atomic E-state index is 0.344. The van der Waals surface area contributed by atoms with E-state index in [1.165, 1.54) is 0 Å². The summed E-state index contributed by atoms with van der Waals surface area (Å²) >= 11 is 0. The molecule has 1 heteroatoms. The zero-order valence-corrected chi connectivity index (χ0v) is 6.68. The molecule has 0 aliphatic heterocycles. The Morgan fingerprint density at radius 2 is 2.00 bits per heavy atom. The van der Waals surface area contributed by atoms with Gasteiger partial charge in [0, 0.05) is 0 Å². The van der Waals surface area contributed by atoms with Crippen molar-refractivity contribution in [3.63, 3.8) is 0 Å². The van der Waals surface area contributed by atoms with Gasteiger partial charge in [-0.25, -0.2) is 0 Å². The second kappa shape index (κ2) is 4.80. The van der Waals surface area contributed by atoms with Crippen molar-refractivity contribution in [2.24, 2.45) is 0 Å². The molecule has 0 aromatic carbocycles. The summed E-state index contributed by atoms with van der Waals surface area (Å²) in [6, 6.07) is 0. The first-order chi connectivity index (χ1) is 4.20. The van der Waals surface area contributed by atoms with Crippen LogP contribution in [0, 0.1) is 6.92 Å². The van der Waals surface area contributed by atoms with Gasteiger partial charge in [-0.15, -0.1) is 0 Å². The summed E-state index contributed by atoms with van der Waals surface area (Å²) in [5.74, 6) is 0. The van der Waals surface area contributed by atoms with E-state index in [1.807, 2.05) is 0 Å². The molecule has 1 atom stereocenters. The molecule has 0 aromatic heterocycles. The fourth-order valence-corrected chi connectivity index (χ4v) is 0.753. The Labute approximate surface area is 58.4 Å². The summed E-state index contributed by atoms with van der Waals surface area (Å²) < 4.78 is 5.49. The van der Waals surface area contributed by atoms with Crippen LogP contribution < -0.4 is 0 Å². The number of hydrogen-bond acceptors (Lipinski definition) is 1. The maximum atomic E-state index is 5.49. The molecule has 0 saturated carbocycles. The first-order valence-corrected chi connectivity index (χ1v) is 3.65. The van der Waals surface area contributed by atoms with Gasteiger partial charge in [-0.2, -0.15) is 0 Å². The molecule has 9 heavy (non-hydrogen) atoms. The largest absolute Gasteiger partial charge is 0.376 e. The molecule has 1 radical (unpaired) electrons. The van der Waals surface area contributed by atoms with Gasteiger partial charge in [0.25, 0.3) is 0 Å². The molecule has 0 saturated heterocycles. The van der Waals surface area contributed by atoms with Gasteiger partial charge in [0.2, 0.25) is 0 Å². The minimum Gasteiger partial charge on any atom is -0.376 e. The molecule has 55 valence electrons. The van der Waals surface area contributed by atoms with Gasteiger partial charge in [-0.1, -0.05) is 13.8 Å². The van der Waals surface area contributed by atoms with Gasteiger partial charge in [-0.05, 0) is 26.7 Å². The molecule has 0 N–H and O–H groups in total. The number of hydrogen-bond donors (Lipinski definition) is 0. The second-order valence-electron chi connectivity index (χ2n) is 2.50. The normalized spacial score (nSPS) is 11.3. The van der Waals surface area contributed by atoms with Crippen LogP contribution in [0.5, 0.6) is 0 Å². The van der Waals surface area contributed by atoms with E-state index in [-0.39, 0.29) is 0 Å². The van der Waals surface area contributed by atoms with Crippen LogP contribution in [0.3, 0.4) is 0 Å². The molecule has 1 nitrogen and oxygen atoms in total. The Bertz CT molecular complexity index is 55.6. The SMILES string of the molecule is [CH2]CC(CC)OC(C)C. The third kappa shape index (κ3) is 4.46. The Kier molecular flexibility index (Phi) is 4.78. The standard InChI is InChI=1S/C8H17O/c1-5-8(6-2)9-7(3)4/h7-8H,1,5-6H2,2-4H3. The zero-order chi connectivity index (χ0) is 7.28.